The topological polar surface area (TPSA) is 40.9 Å². The summed E-state index contributed by atoms with van der Waals surface area (Å²) in [5, 5.41) is 9.28. The second-order valence-corrected chi connectivity index (χ2v) is 6.93. The number of hydrogen-bond acceptors (Lipinski definition) is 2. The van der Waals surface area contributed by atoms with Gasteiger partial charge >= 0.3 is 0 Å². The van der Waals surface area contributed by atoms with Crippen LogP contribution in [-0.2, 0) is 10.8 Å². The summed E-state index contributed by atoms with van der Waals surface area (Å²) in [6.07, 6.45) is 6.78. The van der Waals surface area contributed by atoms with E-state index < -0.39 is 10.8 Å². The molecular formula is C12H21NOS. The Morgan fingerprint density at radius 3 is 2.47 bits per heavy atom. The van der Waals surface area contributed by atoms with Gasteiger partial charge in [-0.25, -0.2) is 0 Å². The Labute approximate surface area is 95.5 Å². The molecule has 0 aromatic rings. The van der Waals surface area contributed by atoms with Crippen molar-refractivity contribution in [1.82, 2.24) is 0 Å². The molecule has 0 heterocycles. The van der Waals surface area contributed by atoms with Gasteiger partial charge in [0, 0.05) is 21.8 Å². The van der Waals surface area contributed by atoms with E-state index in [1.165, 1.54) is 19.3 Å². The zero-order valence-corrected chi connectivity index (χ0v) is 10.6. The third-order valence-corrected chi connectivity index (χ3v) is 4.98. The van der Waals surface area contributed by atoms with Crippen LogP contribution in [0.15, 0.2) is 0 Å². The smallest absolute Gasteiger partial charge is 0.0684 e. The molecule has 1 fully saturated rings. The molecule has 0 amide bonds. The number of nitrogens with zero attached hydrogens (tertiary/aromatic N) is 1. The lowest BCUT2D eigenvalue weighted by Gasteiger charge is -2.22. The Kier molecular flexibility index (Phi) is 4.79. The summed E-state index contributed by atoms with van der Waals surface area (Å²) >= 11 is 0. The molecule has 0 saturated heterocycles. The van der Waals surface area contributed by atoms with Crippen LogP contribution in [-0.4, -0.2) is 15.2 Å². The van der Waals surface area contributed by atoms with Crippen molar-refractivity contribution in [2.75, 3.05) is 5.75 Å². The van der Waals surface area contributed by atoms with E-state index in [9.17, 15) is 4.21 Å². The van der Waals surface area contributed by atoms with Gasteiger partial charge in [0.25, 0.3) is 0 Å². The molecule has 1 saturated carbocycles. The van der Waals surface area contributed by atoms with Crippen molar-refractivity contribution < 1.29 is 4.21 Å². The quantitative estimate of drug-likeness (QED) is 0.740. The number of nitriles is 1. The van der Waals surface area contributed by atoms with Crippen LogP contribution in [0.2, 0.25) is 0 Å². The van der Waals surface area contributed by atoms with Crippen molar-refractivity contribution in [3.63, 3.8) is 0 Å². The van der Waals surface area contributed by atoms with Gasteiger partial charge in [0.15, 0.2) is 0 Å². The summed E-state index contributed by atoms with van der Waals surface area (Å²) in [4.78, 5) is 0. The van der Waals surface area contributed by atoms with Crippen LogP contribution in [0.3, 0.4) is 0 Å². The highest BCUT2D eigenvalue weighted by Gasteiger charge is 2.23. The average molecular weight is 227 g/mol. The normalized spacial score (nSPS) is 20.9. The van der Waals surface area contributed by atoms with Gasteiger partial charge in [-0.1, -0.05) is 19.3 Å². The Morgan fingerprint density at radius 2 is 1.93 bits per heavy atom. The molecule has 0 spiro atoms. The molecule has 1 atom stereocenters. The number of rotatable bonds is 4. The van der Waals surface area contributed by atoms with Crippen LogP contribution in [0.5, 0.6) is 0 Å². The van der Waals surface area contributed by atoms with Crippen molar-refractivity contribution in [2.24, 2.45) is 5.41 Å². The number of hydrogen-bond donors (Lipinski definition) is 0. The lowest BCUT2D eigenvalue weighted by molar-refractivity contribution is 0.472. The molecule has 1 aliphatic rings. The first kappa shape index (κ1) is 12.7. The molecule has 0 N–H and O–H groups in total. The van der Waals surface area contributed by atoms with Gasteiger partial charge in [0.05, 0.1) is 11.5 Å². The SMILES string of the molecule is CC(C)(C#N)CCS(=O)C1CCCCC1. The van der Waals surface area contributed by atoms with E-state index in [2.05, 4.69) is 6.07 Å². The maximum atomic E-state index is 12.0. The van der Waals surface area contributed by atoms with E-state index >= 15 is 0 Å². The van der Waals surface area contributed by atoms with E-state index in [-0.39, 0.29) is 5.41 Å². The lowest BCUT2D eigenvalue weighted by Crippen LogP contribution is -2.23. The largest absolute Gasteiger partial charge is 0.259 e. The van der Waals surface area contributed by atoms with E-state index in [4.69, 9.17) is 5.26 Å². The highest BCUT2D eigenvalue weighted by Crippen LogP contribution is 2.25. The maximum absolute atomic E-state index is 12.0. The maximum Gasteiger partial charge on any atom is 0.0684 e. The zero-order chi connectivity index (χ0) is 11.3. The monoisotopic (exact) mass is 227 g/mol. The van der Waals surface area contributed by atoms with E-state index in [0.717, 1.165) is 19.3 Å². The van der Waals surface area contributed by atoms with Crippen LogP contribution < -0.4 is 0 Å². The molecule has 15 heavy (non-hydrogen) atoms. The van der Waals surface area contributed by atoms with Gasteiger partial charge < -0.3 is 0 Å². The fourth-order valence-electron chi connectivity index (χ4n) is 1.91. The van der Waals surface area contributed by atoms with Crippen LogP contribution in [0, 0.1) is 16.7 Å². The Hall–Kier alpha value is -0.360. The van der Waals surface area contributed by atoms with Crippen molar-refractivity contribution in [3.05, 3.63) is 0 Å². The minimum atomic E-state index is -0.706. The second kappa shape index (κ2) is 5.65. The molecule has 1 rings (SSSR count). The summed E-state index contributed by atoms with van der Waals surface area (Å²) < 4.78 is 12.0. The molecule has 2 nitrogen and oxygen atoms in total. The first-order valence-corrected chi connectivity index (χ1v) is 7.22. The van der Waals surface area contributed by atoms with Crippen molar-refractivity contribution in [3.8, 4) is 6.07 Å². The van der Waals surface area contributed by atoms with Gasteiger partial charge in [0.2, 0.25) is 0 Å². The molecule has 0 bridgehead atoms. The van der Waals surface area contributed by atoms with Gasteiger partial charge in [-0.2, -0.15) is 5.26 Å². The third-order valence-electron chi connectivity index (χ3n) is 3.15. The molecule has 0 radical (unpaired) electrons. The second-order valence-electron chi connectivity index (χ2n) is 5.09. The third kappa shape index (κ3) is 4.34. The lowest BCUT2D eigenvalue weighted by atomic mass is 9.93. The van der Waals surface area contributed by atoms with Crippen LogP contribution in [0.4, 0.5) is 0 Å². The highest BCUT2D eigenvalue weighted by molar-refractivity contribution is 7.85. The van der Waals surface area contributed by atoms with Gasteiger partial charge in [-0.15, -0.1) is 0 Å². The fraction of sp³-hybridized carbons (Fsp3) is 0.917. The summed E-state index contributed by atoms with van der Waals surface area (Å²) in [5.41, 5.74) is -0.315. The Bertz CT molecular complexity index is 261. The van der Waals surface area contributed by atoms with Gasteiger partial charge in [-0.3, -0.25) is 4.21 Å². The average Bonchev–Trinajstić information content (AvgIpc) is 2.27. The minimum Gasteiger partial charge on any atom is -0.259 e. The summed E-state index contributed by atoms with van der Waals surface area (Å²) in [6, 6.07) is 2.27. The molecule has 0 aromatic heterocycles. The van der Waals surface area contributed by atoms with E-state index in [0.29, 0.717) is 11.0 Å². The molecule has 0 aromatic carbocycles. The molecular weight excluding hydrogens is 206 g/mol. The summed E-state index contributed by atoms with van der Waals surface area (Å²) in [6.45, 7) is 3.84. The summed E-state index contributed by atoms with van der Waals surface area (Å²) in [5.74, 6) is 0.700. The van der Waals surface area contributed by atoms with Crippen LogP contribution in [0.1, 0.15) is 52.4 Å². The predicted octanol–water partition coefficient (Wildman–Crippen LogP) is 3.01. The first-order chi connectivity index (χ1) is 7.05. The molecule has 86 valence electrons. The van der Waals surface area contributed by atoms with Crippen LogP contribution in [0.25, 0.3) is 0 Å². The van der Waals surface area contributed by atoms with Crippen LogP contribution >= 0.6 is 0 Å². The van der Waals surface area contributed by atoms with E-state index in [1.54, 1.807) is 0 Å². The van der Waals surface area contributed by atoms with E-state index in [1.807, 2.05) is 13.8 Å². The Balaban J connectivity index is 2.32. The van der Waals surface area contributed by atoms with Gasteiger partial charge in [-0.05, 0) is 33.1 Å². The molecule has 1 aliphatic carbocycles. The highest BCUT2D eigenvalue weighted by atomic mass is 32.2. The summed E-state index contributed by atoms with van der Waals surface area (Å²) in [7, 11) is -0.706. The van der Waals surface area contributed by atoms with Gasteiger partial charge in [0.1, 0.15) is 0 Å². The molecule has 0 aliphatic heterocycles. The fourth-order valence-corrected chi connectivity index (χ4v) is 3.81. The standard InChI is InChI=1S/C12H21NOS/c1-12(2,10-13)8-9-15(14)11-6-4-3-5-7-11/h11H,3-9H2,1-2H3. The molecule has 1 unspecified atom stereocenters. The predicted molar refractivity (Wildman–Crippen MR) is 63.9 cm³/mol. The zero-order valence-electron chi connectivity index (χ0n) is 9.79. The minimum absolute atomic E-state index is 0.315. The first-order valence-electron chi connectivity index (χ1n) is 5.83. The Morgan fingerprint density at radius 1 is 1.33 bits per heavy atom. The van der Waals surface area contributed by atoms with Crippen molar-refractivity contribution in [2.45, 2.75) is 57.6 Å². The molecule has 3 heteroatoms. The van der Waals surface area contributed by atoms with Crippen molar-refractivity contribution >= 4 is 10.8 Å². The van der Waals surface area contributed by atoms with Crippen molar-refractivity contribution in [1.29, 1.82) is 5.26 Å².